The first kappa shape index (κ1) is 61.7. The smallest absolute Gasteiger partial charge is 0.268 e. The number of nitrogens with one attached hydrogen (secondary N) is 1. The predicted molar refractivity (Wildman–Crippen MR) is 270 cm³/mol. The molecule has 3 unspecified atom stereocenters. The molecule has 0 fully saturated rings. The lowest BCUT2D eigenvalue weighted by molar-refractivity contribution is -0.870. The number of unbranched alkanes of at least 4 members (excludes halogenated alkanes) is 32. The first-order valence-corrected chi connectivity index (χ1v) is 28.3. The van der Waals surface area contributed by atoms with Crippen molar-refractivity contribution in [1.29, 1.82) is 0 Å². The highest BCUT2D eigenvalue weighted by atomic mass is 31.2. The second kappa shape index (κ2) is 45.9. The number of carbonyl (C=O) groups excluding carboxylic acids is 1. The van der Waals surface area contributed by atoms with Crippen molar-refractivity contribution >= 4 is 13.7 Å². The van der Waals surface area contributed by atoms with E-state index >= 15 is 0 Å². The van der Waals surface area contributed by atoms with Crippen LogP contribution in [0, 0.1) is 0 Å². The second-order valence-electron chi connectivity index (χ2n) is 19.6. The Morgan fingerprint density at radius 1 is 0.540 bits per heavy atom. The summed E-state index contributed by atoms with van der Waals surface area (Å²) < 4.78 is 23.3. The lowest BCUT2D eigenvalue weighted by atomic mass is 10.0. The van der Waals surface area contributed by atoms with Crippen LogP contribution in [-0.2, 0) is 18.4 Å². The van der Waals surface area contributed by atoms with Crippen molar-refractivity contribution in [1.82, 2.24) is 5.32 Å². The molecule has 0 aromatic carbocycles. The van der Waals surface area contributed by atoms with E-state index in [2.05, 4.69) is 43.5 Å². The van der Waals surface area contributed by atoms with Crippen LogP contribution in [0.25, 0.3) is 0 Å². The summed E-state index contributed by atoms with van der Waals surface area (Å²) in [7, 11) is 1.24. The van der Waals surface area contributed by atoms with Crippen LogP contribution in [0.5, 0.6) is 0 Å². The minimum atomic E-state index is -4.60. The number of quaternary nitrogens is 1. The van der Waals surface area contributed by atoms with Crippen molar-refractivity contribution in [2.24, 2.45) is 0 Å². The standard InChI is InChI=1S/C54H105N2O6P/c1-6-8-10-12-14-16-18-20-22-24-26-27-28-30-32-34-36-38-40-42-44-46-48-54(58)55-52(51-62-63(59,60)61-50-49-56(3,4)5)53(57)47-45-43-41-39-37-35-33-31-29-25-23-21-19-17-15-13-11-9-7-2/h29,31,37,39,45,47,52-53,57H,6-28,30,32-36,38,40-44,46,48-51H2,1-5H3,(H-,55,58,59,60)/b31-29+,39-37+,47-45+. The van der Waals surface area contributed by atoms with Gasteiger partial charge in [0.15, 0.2) is 0 Å². The quantitative estimate of drug-likeness (QED) is 0.0272. The average molecular weight is 909 g/mol. The maximum atomic E-state index is 12.9. The van der Waals surface area contributed by atoms with E-state index in [1.54, 1.807) is 6.08 Å². The summed E-state index contributed by atoms with van der Waals surface area (Å²) in [5.41, 5.74) is 0. The number of carbonyl (C=O) groups is 1. The molecule has 0 heterocycles. The molecular formula is C54H105N2O6P. The summed E-state index contributed by atoms with van der Waals surface area (Å²) in [4.78, 5) is 25.4. The number of hydrogen-bond donors (Lipinski definition) is 2. The average Bonchev–Trinajstić information content (AvgIpc) is 3.24. The van der Waals surface area contributed by atoms with Crippen molar-refractivity contribution in [2.45, 2.75) is 264 Å². The fourth-order valence-electron chi connectivity index (χ4n) is 7.83. The zero-order valence-corrected chi connectivity index (χ0v) is 43.2. The van der Waals surface area contributed by atoms with Gasteiger partial charge in [0, 0.05) is 6.42 Å². The van der Waals surface area contributed by atoms with Crippen LogP contribution in [-0.4, -0.2) is 68.5 Å². The van der Waals surface area contributed by atoms with Crippen molar-refractivity contribution in [3.05, 3.63) is 36.5 Å². The van der Waals surface area contributed by atoms with Crippen LogP contribution in [0.4, 0.5) is 0 Å². The van der Waals surface area contributed by atoms with Gasteiger partial charge in [0.05, 0.1) is 39.9 Å². The van der Waals surface area contributed by atoms with Gasteiger partial charge in [-0.3, -0.25) is 9.36 Å². The van der Waals surface area contributed by atoms with E-state index in [1.165, 1.54) is 186 Å². The normalized spacial score (nSPS) is 14.3. The zero-order valence-electron chi connectivity index (χ0n) is 42.3. The maximum absolute atomic E-state index is 12.9. The highest BCUT2D eigenvalue weighted by Crippen LogP contribution is 2.38. The van der Waals surface area contributed by atoms with Gasteiger partial charge in [-0.2, -0.15) is 0 Å². The van der Waals surface area contributed by atoms with E-state index in [0.717, 1.165) is 44.9 Å². The number of rotatable bonds is 49. The number of allylic oxidation sites excluding steroid dienone is 5. The van der Waals surface area contributed by atoms with Crippen LogP contribution in [0.3, 0.4) is 0 Å². The molecule has 0 aliphatic rings. The summed E-state index contributed by atoms with van der Waals surface area (Å²) in [6.07, 6.45) is 57.8. The molecule has 1 amide bonds. The molecule has 0 rings (SSSR count). The molecule has 372 valence electrons. The van der Waals surface area contributed by atoms with E-state index in [1.807, 2.05) is 27.2 Å². The first-order valence-electron chi connectivity index (χ1n) is 26.9. The molecular weight excluding hydrogens is 804 g/mol. The van der Waals surface area contributed by atoms with Crippen molar-refractivity contribution in [3.63, 3.8) is 0 Å². The topological polar surface area (TPSA) is 108 Å². The maximum Gasteiger partial charge on any atom is 0.268 e. The molecule has 0 spiro atoms. The summed E-state index contributed by atoms with van der Waals surface area (Å²) in [5, 5.41) is 13.8. The number of aliphatic hydroxyl groups excluding tert-OH is 1. The Kier molecular flexibility index (Phi) is 44.9. The molecule has 0 aliphatic heterocycles. The Balaban J connectivity index is 4.31. The summed E-state index contributed by atoms with van der Waals surface area (Å²) in [6.45, 7) is 4.64. The number of likely N-dealkylation sites (N-methyl/N-ethyl adjacent to an activating group) is 1. The highest BCUT2D eigenvalue weighted by Gasteiger charge is 2.23. The molecule has 9 heteroatoms. The van der Waals surface area contributed by atoms with Crippen molar-refractivity contribution in [2.75, 3.05) is 40.9 Å². The fourth-order valence-corrected chi connectivity index (χ4v) is 8.56. The molecule has 3 atom stereocenters. The molecule has 8 nitrogen and oxygen atoms in total. The van der Waals surface area contributed by atoms with E-state index in [0.29, 0.717) is 17.4 Å². The number of aliphatic hydroxyl groups is 1. The lowest BCUT2D eigenvalue weighted by Gasteiger charge is -2.29. The fraction of sp³-hybridized carbons (Fsp3) is 0.870. The second-order valence-corrected chi connectivity index (χ2v) is 21.0. The molecule has 0 aromatic heterocycles. The number of amides is 1. The van der Waals surface area contributed by atoms with Crippen LogP contribution < -0.4 is 10.2 Å². The van der Waals surface area contributed by atoms with Crippen LogP contribution in [0.2, 0.25) is 0 Å². The van der Waals surface area contributed by atoms with Gasteiger partial charge < -0.3 is 28.8 Å². The van der Waals surface area contributed by atoms with Gasteiger partial charge in [-0.25, -0.2) is 0 Å². The first-order chi connectivity index (χ1) is 30.5. The Morgan fingerprint density at radius 2 is 0.889 bits per heavy atom. The molecule has 0 saturated carbocycles. The molecule has 2 N–H and O–H groups in total. The van der Waals surface area contributed by atoms with Crippen LogP contribution in [0.1, 0.15) is 251 Å². The van der Waals surface area contributed by atoms with Crippen molar-refractivity contribution < 1.29 is 32.9 Å². The van der Waals surface area contributed by atoms with Gasteiger partial charge in [0.1, 0.15) is 13.2 Å². The highest BCUT2D eigenvalue weighted by molar-refractivity contribution is 7.45. The SMILES string of the molecule is CCCCCCCCCCC/C=C/CC/C=C/CC/C=C/C(O)C(COP(=O)([O-])OCC[N+](C)(C)C)NC(=O)CCCCCCCCCCCCCCCCCCCCCCCC. The predicted octanol–water partition coefficient (Wildman–Crippen LogP) is 15.2. The minimum absolute atomic E-state index is 0.00751. The van der Waals surface area contributed by atoms with Gasteiger partial charge in [-0.1, -0.05) is 237 Å². The molecule has 63 heavy (non-hydrogen) atoms. The third kappa shape index (κ3) is 48.5. The number of hydrogen-bond acceptors (Lipinski definition) is 6. The van der Waals surface area contributed by atoms with E-state index in [-0.39, 0.29) is 12.5 Å². The van der Waals surface area contributed by atoms with Gasteiger partial charge in [0.2, 0.25) is 5.91 Å². The minimum Gasteiger partial charge on any atom is -0.756 e. The summed E-state index contributed by atoms with van der Waals surface area (Å²) in [6, 6.07) is -0.907. The van der Waals surface area contributed by atoms with Crippen molar-refractivity contribution in [3.8, 4) is 0 Å². The Labute approximate surface area is 391 Å². The summed E-state index contributed by atoms with van der Waals surface area (Å²) >= 11 is 0. The monoisotopic (exact) mass is 909 g/mol. The van der Waals surface area contributed by atoms with Crippen LogP contribution in [0.15, 0.2) is 36.5 Å². The number of phosphoric acid groups is 1. The van der Waals surface area contributed by atoms with E-state index < -0.39 is 26.6 Å². The zero-order chi connectivity index (χ0) is 46.4. The third-order valence-electron chi connectivity index (χ3n) is 12.1. The van der Waals surface area contributed by atoms with Gasteiger partial charge in [-0.05, 0) is 44.9 Å². The summed E-state index contributed by atoms with van der Waals surface area (Å²) in [5.74, 6) is -0.207. The van der Waals surface area contributed by atoms with Gasteiger partial charge >= 0.3 is 0 Å². The Bertz CT molecular complexity index is 1120. The van der Waals surface area contributed by atoms with Gasteiger partial charge in [0.25, 0.3) is 7.82 Å². The molecule has 0 aromatic rings. The molecule has 0 bridgehead atoms. The Morgan fingerprint density at radius 3 is 1.29 bits per heavy atom. The molecule has 0 aliphatic carbocycles. The number of phosphoric ester groups is 1. The largest absolute Gasteiger partial charge is 0.756 e. The van der Waals surface area contributed by atoms with E-state index in [4.69, 9.17) is 9.05 Å². The van der Waals surface area contributed by atoms with Crippen LogP contribution >= 0.6 is 7.82 Å². The third-order valence-corrected chi connectivity index (χ3v) is 13.0. The number of nitrogens with zero attached hydrogens (tertiary/aromatic N) is 1. The van der Waals surface area contributed by atoms with Gasteiger partial charge in [-0.15, -0.1) is 0 Å². The lowest BCUT2D eigenvalue weighted by Crippen LogP contribution is -2.45. The molecule has 0 radical (unpaired) electrons. The Hall–Kier alpha value is -1.28. The van der Waals surface area contributed by atoms with E-state index in [9.17, 15) is 19.4 Å². The molecule has 0 saturated heterocycles.